The van der Waals surface area contributed by atoms with Gasteiger partial charge in [0, 0.05) is 6.61 Å². The first-order chi connectivity index (χ1) is 18.1. The molecule has 0 radical (unpaired) electrons. The Morgan fingerprint density at radius 2 is 1.11 bits per heavy atom. The molecule has 0 amide bonds. The first-order valence-corrected chi connectivity index (χ1v) is 15.2. The van der Waals surface area contributed by atoms with Crippen LogP contribution in [0.3, 0.4) is 0 Å². The Balaban J connectivity index is 3.64. The van der Waals surface area contributed by atoms with Gasteiger partial charge in [0.2, 0.25) is 0 Å². The summed E-state index contributed by atoms with van der Waals surface area (Å²) in [5.74, 6) is 2.52. The van der Waals surface area contributed by atoms with Gasteiger partial charge in [-0.1, -0.05) is 84.3 Å². The molecule has 0 spiro atoms. The lowest BCUT2D eigenvalue weighted by atomic mass is 9.91. The lowest BCUT2D eigenvalue weighted by Gasteiger charge is -2.15. The summed E-state index contributed by atoms with van der Waals surface area (Å²) in [6, 6.07) is 0. The summed E-state index contributed by atoms with van der Waals surface area (Å²) in [4.78, 5) is 0. The van der Waals surface area contributed by atoms with Crippen molar-refractivity contribution in [1.29, 1.82) is 0 Å². The number of allylic oxidation sites excluding steroid dienone is 2. The molecule has 0 aromatic rings. The highest BCUT2D eigenvalue weighted by Gasteiger charge is 2.10. The maximum atomic E-state index is 9.93. The molecule has 0 aromatic heterocycles. The van der Waals surface area contributed by atoms with Crippen LogP contribution in [-0.2, 0) is 14.2 Å². The van der Waals surface area contributed by atoms with E-state index in [1.807, 2.05) is 0 Å². The van der Waals surface area contributed by atoms with Crippen LogP contribution in [0.15, 0.2) is 11.6 Å². The van der Waals surface area contributed by atoms with Gasteiger partial charge in [0.1, 0.15) is 18.3 Å². The fourth-order valence-electron chi connectivity index (χ4n) is 4.39. The van der Waals surface area contributed by atoms with Gasteiger partial charge >= 0.3 is 0 Å². The van der Waals surface area contributed by atoms with Crippen molar-refractivity contribution in [3.63, 3.8) is 0 Å². The van der Waals surface area contributed by atoms with Crippen LogP contribution in [0.2, 0.25) is 0 Å². The molecule has 0 saturated carbocycles. The van der Waals surface area contributed by atoms with Crippen LogP contribution in [-0.4, -0.2) is 85.0 Å². The number of ether oxygens (including phenoxy) is 3. The molecule has 0 bridgehead atoms. The molecule has 0 saturated heterocycles. The van der Waals surface area contributed by atoms with Crippen molar-refractivity contribution in [2.24, 2.45) is 17.8 Å². The molecule has 0 aliphatic carbocycles. The van der Waals surface area contributed by atoms with Crippen LogP contribution in [0.1, 0.15) is 105 Å². The van der Waals surface area contributed by atoms with E-state index in [1.54, 1.807) is 0 Å². The third-order valence-corrected chi connectivity index (χ3v) is 6.89. The molecule has 7 nitrogen and oxygen atoms in total. The third-order valence-electron chi connectivity index (χ3n) is 6.89. The standard InChI is InChI=1S/C31H62O7/c1-25(2)11-8-13-27(4)15-10-17-28(5)16-9-14-26(3)12-6-7-18-36-21-30(34)22-38-24-31(35)23-37-20-29(33)19-32/h12,25,27-35H,6-11,13-24H2,1-5H3/b26-12+. The number of rotatable bonds is 27. The lowest BCUT2D eigenvalue weighted by Crippen LogP contribution is -2.29. The predicted octanol–water partition coefficient (Wildman–Crippen LogP) is 5.28. The fraction of sp³-hybridized carbons (Fsp3) is 0.935. The molecular formula is C31H62O7. The highest BCUT2D eigenvalue weighted by atomic mass is 16.5. The topological polar surface area (TPSA) is 109 Å². The molecule has 0 aliphatic heterocycles. The van der Waals surface area contributed by atoms with Gasteiger partial charge in [-0.3, -0.25) is 0 Å². The summed E-state index contributed by atoms with van der Waals surface area (Å²) in [7, 11) is 0. The SMILES string of the molecule is C/C(=C\CCCOCC(O)COCC(O)COCC(O)CO)CCCC(C)CCCC(C)CCCC(C)C. The van der Waals surface area contributed by atoms with Crippen molar-refractivity contribution >= 4 is 0 Å². The first-order valence-electron chi connectivity index (χ1n) is 15.2. The van der Waals surface area contributed by atoms with Gasteiger partial charge in [-0.15, -0.1) is 0 Å². The van der Waals surface area contributed by atoms with Crippen molar-refractivity contribution in [1.82, 2.24) is 0 Å². The van der Waals surface area contributed by atoms with Gasteiger partial charge in [0.15, 0.2) is 0 Å². The van der Waals surface area contributed by atoms with Gasteiger partial charge in [-0.05, 0) is 50.4 Å². The number of unbranched alkanes of at least 4 members (excludes halogenated alkanes) is 1. The lowest BCUT2D eigenvalue weighted by molar-refractivity contribution is -0.0675. The second kappa shape index (κ2) is 25.4. The molecule has 0 fully saturated rings. The fourth-order valence-corrected chi connectivity index (χ4v) is 4.39. The smallest absolute Gasteiger partial charge is 0.101 e. The zero-order chi connectivity index (χ0) is 28.6. The van der Waals surface area contributed by atoms with Crippen LogP contribution < -0.4 is 0 Å². The zero-order valence-corrected chi connectivity index (χ0v) is 25.3. The third kappa shape index (κ3) is 25.7. The maximum absolute atomic E-state index is 9.93. The van der Waals surface area contributed by atoms with Gasteiger partial charge in [0.05, 0.1) is 39.6 Å². The van der Waals surface area contributed by atoms with Crippen molar-refractivity contribution in [3.8, 4) is 0 Å². The molecular weight excluding hydrogens is 484 g/mol. The largest absolute Gasteiger partial charge is 0.394 e. The summed E-state index contributed by atoms with van der Waals surface area (Å²) in [5, 5.41) is 37.5. The molecule has 38 heavy (non-hydrogen) atoms. The minimum absolute atomic E-state index is 0.00622. The second-order valence-corrected chi connectivity index (χ2v) is 11.8. The predicted molar refractivity (Wildman–Crippen MR) is 155 cm³/mol. The quantitative estimate of drug-likeness (QED) is 0.0820. The van der Waals surface area contributed by atoms with E-state index in [9.17, 15) is 10.2 Å². The monoisotopic (exact) mass is 546 g/mol. The van der Waals surface area contributed by atoms with E-state index in [0.717, 1.165) is 30.6 Å². The van der Waals surface area contributed by atoms with Gasteiger partial charge in [-0.25, -0.2) is 0 Å². The summed E-state index contributed by atoms with van der Waals surface area (Å²) < 4.78 is 15.9. The molecule has 0 heterocycles. The number of hydrogen-bond donors (Lipinski definition) is 4. The molecule has 0 rings (SSSR count). The molecule has 0 aromatic carbocycles. The summed E-state index contributed by atoms with van der Waals surface area (Å²) >= 11 is 0. The average molecular weight is 547 g/mol. The van der Waals surface area contributed by atoms with Crippen molar-refractivity contribution in [3.05, 3.63) is 11.6 Å². The average Bonchev–Trinajstić information content (AvgIpc) is 2.85. The second-order valence-electron chi connectivity index (χ2n) is 11.8. The van der Waals surface area contributed by atoms with Crippen LogP contribution in [0, 0.1) is 17.8 Å². The molecule has 0 aliphatic rings. The van der Waals surface area contributed by atoms with Crippen LogP contribution >= 0.6 is 0 Å². The van der Waals surface area contributed by atoms with Crippen LogP contribution in [0.5, 0.6) is 0 Å². The summed E-state index contributed by atoms with van der Waals surface area (Å²) in [6.07, 6.45) is 13.7. The summed E-state index contributed by atoms with van der Waals surface area (Å²) in [6.45, 7) is 12.1. The maximum Gasteiger partial charge on any atom is 0.101 e. The first kappa shape index (κ1) is 37.5. The Morgan fingerprint density at radius 1 is 0.632 bits per heavy atom. The minimum atomic E-state index is -0.951. The Morgan fingerprint density at radius 3 is 1.63 bits per heavy atom. The molecule has 7 heteroatoms. The molecule has 4 N–H and O–H groups in total. The summed E-state index contributed by atoms with van der Waals surface area (Å²) in [5.41, 5.74) is 1.46. The highest BCUT2D eigenvalue weighted by molar-refractivity contribution is 4.97. The Hall–Kier alpha value is -0.540. The minimum Gasteiger partial charge on any atom is -0.394 e. The normalized spacial score (nSPS) is 16.5. The van der Waals surface area contributed by atoms with Crippen LogP contribution in [0.4, 0.5) is 0 Å². The number of aliphatic hydroxyl groups is 4. The Labute approximate surface area is 234 Å². The van der Waals surface area contributed by atoms with Gasteiger partial charge in [-0.2, -0.15) is 0 Å². The van der Waals surface area contributed by atoms with E-state index in [4.69, 9.17) is 24.4 Å². The van der Waals surface area contributed by atoms with E-state index in [-0.39, 0.29) is 39.6 Å². The van der Waals surface area contributed by atoms with E-state index >= 15 is 0 Å². The molecule has 5 unspecified atom stereocenters. The van der Waals surface area contributed by atoms with E-state index in [2.05, 4.69) is 40.7 Å². The van der Waals surface area contributed by atoms with Crippen molar-refractivity contribution < 1.29 is 34.6 Å². The Kier molecular flexibility index (Phi) is 25.1. The van der Waals surface area contributed by atoms with E-state index in [1.165, 1.54) is 63.4 Å². The van der Waals surface area contributed by atoms with Crippen molar-refractivity contribution in [2.75, 3.05) is 46.2 Å². The van der Waals surface area contributed by atoms with Gasteiger partial charge < -0.3 is 34.6 Å². The zero-order valence-electron chi connectivity index (χ0n) is 25.3. The Bertz CT molecular complexity index is 540. The van der Waals surface area contributed by atoms with Crippen molar-refractivity contribution in [2.45, 2.75) is 124 Å². The highest BCUT2D eigenvalue weighted by Crippen LogP contribution is 2.22. The molecule has 5 atom stereocenters. The van der Waals surface area contributed by atoms with Gasteiger partial charge in [0.25, 0.3) is 0 Å². The number of aliphatic hydroxyl groups excluding tert-OH is 4. The number of hydrogen-bond acceptors (Lipinski definition) is 7. The van der Waals surface area contributed by atoms with E-state index < -0.39 is 18.3 Å². The van der Waals surface area contributed by atoms with Crippen LogP contribution in [0.25, 0.3) is 0 Å². The molecule has 228 valence electrons. The van der Waals surface area contributed by atoms with E-state index in [0.29, 0.717) is 6.61 Å².